The molecule has 0 aliphatic carbocycles. The van der Waals surface area contributed by atoms with E-state index in [1.807, 2.05) is 32.9 Å². The predicted molar refractivity (Wildman–Crippen MR) is 109 cm³/mol. The fraction of sp³-hybridized carbons (Fsp3) is 0.391. The largest absolute Gasteiger partial charge is 0.462 e. The molecule has 0 bridgehead atoms. The Kier molecular flexibility index (Phi) is 7.59. The number of rotatable bonds is 8. The van der Waals surface area contributed by atoms with E-state index in [9.17, 15) is 9.59 Å². The molecule has 1 N–H and O–H groups in total. The number of carbonyl (C=O) groups excluding carboxylic acids is 2. The molecule has 0 spiro atoms. The highest BCUT2D eigenvalue weighted by atomic mass is 16.5. The van der Waals surface area contributed by atoms with Crippen LogP contribution in [0.2, 0.25) is 0 Å². The molecular formula is C23H29NO3. The van der Waals surface area contributed by atoms with E-state index in [1.54, 1.807) is 24.3 Å². The van der Waals surface area contributed by atoms with Crippen LogP contribution in [0.3, 0.4) is 0 Å². The lowest BCUT2D eigenvalue weighted by Crippen LogP contribution is -2.15. The van der Waals surface area contributed by atoms with Crippen molar-refractivity contribution in [1.29, 1.82) is 0 Å². The van der Waals surface area contributed by atoms with Gasteiger partial charge in [0.05, 0.1) is 12.2 Å². The van der Waals surface area contributed by atoms with Crippen LogP contribution in [-0.4, -0.2) is 18.5 Å². The molecule has 27 heavy (non-hydrogen) atoms. The average molecular weight is 367 g/mol. The van der Waals surface area contributed by atoms with Crippen molar-refractivity contribution in [3.63, 3.8) is 0 Å². The number of nitrogens with one attached hydrogen (secondary N) is 1. The summed E-state index contributed by atoms with van der Waals surface area (Å²) in [7, 11) is 0. The van der Waals surface area contributed by atoms with Gasteiger partial charge in [0.25, 0.3) is 5.91 Å². The van der Waals surface area contributed by atoms with E-state index in [0.717, 1.165) is 42.4 Å². The van der Waals surface area contributed by atoms with Crippen LogP contribution in [-0.2, 0) is 4.74 Å². The molecule has 0 aliphatic heterocycles. The first-order chi connectivity index (χ1) is 12.9. The minimum Gasteiger partial charge on any atom is -0.462 e. The van der Waals surface area contributed by atoms with E-state index in [1.165, 1.54) is 0 Å². The SMILES string of the molecule is CCCCCCOC(=O)c1ccc(NC(=O)c2c(C)cc(C)cc2C)cc1. The molecule has 4 heteroatoms. The van der Waals surface area contributed by atoms with Crippen LogP contribution in [0.5, 0.6) is 0 Å². The molecule has 0 aliphatic rings. The molecule has 0 atom stereocenters. The second-order valence-corrected chi connectivity index (χ2v) is 7.00. The maximum absolute atomic E-state index is 12.6. The van der Waals surface area contributed by atoms with Crippen LogP contribution in [0, 0.1) is 20.8 Å². The third kappa shape index (κ3) is 5.95. The number of benzene rings is 2. The van der Waals surface area contributed by atoms with Gasteiger partial charge in [-0.1, -0.05) is 43.9 Å². The number of anilines is 1. The molecule has 2 rings (SSSR count). The Labute approximate surface area is 161 Å². The first kappa shape index (κ1) is 20.7. The molecule has 2 aromatic rings. The lowest BCUT2D eigenvalue weighted by molar-refractivity contribution is 0.0497. The van der Waals surface area contributed by atoms with E-state index in [-0.39, 0.29) is 11.9 Å². The smallest absolute Gasteiger partial charge is 0.338 e. The van der Waals surface area contributed by atoms with Gasteiger partial charge in [0.15, 0.2) is 0 Å². The summed E-state index contributed by atoms with van der Waals surface area (Å²) >= 11 is 0. The minimum absolute atomic E-state index is 0.142. The lowest BCUT2D eigenvalue weighted by atomic mass is 9.99. The summed E-state index contributed by atoms with van der Waals surface area (Å²) in [6.45, 7) is 8.49. The van der Waals surface area contributed by atoms with Crippen LogP contribution in [0.1, 0.15) is 70.0 Å². The summed E-state index contributed by atoms with van der Waals surface area (Å²) in [4.78, 5) is 24.7. The van der Waals surface area contributed by atoms with Crippen LogP contribution < -0.4 is 5.32 Å². The van der Waals surface area contributed by atoms with Crippen LogP contribution in [0.4, 0.5) is 5.69 Å². The highest BCUT2D eigenvalue weighted by molar-refractivity contribution is 6.06. The van der Waals surface area contributed by atoms with Crippen molar-refractivity contribution in [3.8, 4) is 0 Å². The van der Waals surface area contributed by atoms with Gasteiger partial charge < -0.3 is 10.1 Å². The Bertz CT molecular complexity index is 771. The van der Waals surface area contributed by atoms with Gasteiger partial charge in [-0.05, 0) is 62.6 Å². The van der Waals surface area contributed by atoms with Crippen molar-refractivity contribution in [3.05, 3.63) is 64.2 Å². The summed E-state index contributed by atoms with van der Waals surface area (Å²) in [6, 6.07) is 10.8. The number of hydrogen-bond donors (Lipinski definition) is 1. The average Bonchev–Trinajstić information content (AvgIpc) is 2.61. The van der Waals surface area contributed by atoms with Gasteiger partial charge in [0.2, 0.25) is 0 Å². The van der Waals surface area contributed by atoms with Gasteiger partial charge in [-0.25, -0.2) is 4.79 Å². The summed E-state index contributed by atoms with van der Waals surface area (Å²) < 4.78 is 5.28. The predicted octanol–water partition coefficient (Wildman–Crippen LogP) is 5.60. The Balaban J connectivity index is 1.95. The second kappa shape index (κ2) is 9.91. The Morgan fingerprint density at radius 3 is 2.15 bits per heavy atom. The third-order valence-electron chi connectivity index (χ3n) is 4.51. The maximum atomic E-state index is 12.6. The van der Waals surface area contributed by atoms with Gasteiger partial charge in [-0.3, -0.25) is 4.79 Å². The van der Waals surface area contributed by atoms with Gasteiger partial charge in [0, 0.05) is 11.3 Å². The zero-order chi connectivity index (χ0) is 19.8. The number of unbranched alkanes of at least 4 members (excludes halogenated alkanes) is 3. The first-order valence-electron chi connectivity index (χ1n) is 9.58. The van der Waals surface area contributed by atoms with Crippen molar-refractivity contribution >= 4 is 17.6 Å². The summed E-state index contributed by atoms with van der Waals surface area (Å²) in [5.74, 6) is -0.467. The minimum atomic E-state index is -0.324. The van der Waals surface area contributed by atoms with E-state index >= 15 is 0 Å². The molecule has 0 fully saturated rings. The Morgan fingerprint density at radius 2 is 1.56 bits per heavy atom. The molecule has 0 heterocycles. The molecule has 0 radical (unpaired) electrons. The Hall–Kier alpha value is -2.62. The highest BCUT2D eigenvalue weighted by Gasteiger charge is 2.13. The van der Waals surface area contributed by atoms with Gasteiger partial charge in [-0.2, -0.15) is 0 Å². The first-order valence-corrected chi connectivity index (χ1v) is 9.58. The number of ether oxygens (including phenoxy) is 1. The zero-order valence-corrected chi connectivity index (χ0v) is 16.7. The fourth-order valence-corrected chi connectivity index (χ4v) is 3.20. The van der Waals surface area contributed by atoms with Crippen LogP contribution in [0.15, 0.2) is 36.4 Å². The van der Waals surface area contributed by atoms with Gasteiger partial charge >= 0.3 is 5.97 Å². The molecule has 4 nitrogen and oxygen atoms in total. The topological polar surface area (TPSA) is 55.4 Å². The highest BCUT2D eigenvalue weighted by Crippen LogP contribution is 2.19. The molecule has 0 saturated heterocycles. The molecule has 0 aromatic heterocycles. The van der Waals surface area contributed by atoms with Crippen molar-refractivity contribution in [2.75, 3.05) is 11.9 Å². The van der Waals surface area contributed by atoms with Crippen molar-refractivity contribution in [1.82, 2.24) is 0 Å². The quantitative estimate of drug-likeness (QED) is 0.488. The van der Waals surface area contributed by atoms with Crippen molar-refractivity contribution in [2.24, 2.45) is 0 Å². The molecule has 0 saturated carbocycles. The lowest BCUT2D eigenvalue weighted by Gasteiger charge is -2.12. The normalized spacial score (nSPS) is 10.5. The molecule has 2 aromatic carbocycles. The third-order valence-corrected chi connectivity index (χ3v) is 4.51. The van der Waals surface area contributed by atoms with Crippen molar-refractivity contribution < 1.29 is 14.3 Å². The number of hydrogen-bond acceptors (Lipinski definition) is 3. The zero-order valence-electron chi connectivity index (χ0n) is 16.7. The fourth-order valence-electron chi connectivity index (χ4n) is 3.20. The summed E-state index contributed by atoms with van der Waals surface area (Å²) in [5, 5.41) is 2.90. The van der Waals surface area contributed by atoms with Gasteiger partial charge in [-0.15, -0.1) is 0 Å². The number of carbonyl (C=O) groups is 2. The molecule has 1 amide bonds. The van der Waals surface area contributed by atoms with Crippen molar-refractivity contribution in [2.45, 2.75) is 53.4 Å². The standard InChI is InChI=1S/C23H29NO3/c1-5-6-7-8-13-27-23(26)19-9-11-20(12-10-19)24-22(25)21-17(3)14-16(2)15-18(21)4/h9-12,14-15H,5-8,13H2,1-4H3,(H,24,25). The number of esters is 1. The van der Waals surface area contributed by atoms with Gasteiger partial charge in [0.1, 0.15) is 0 Å². The second-order valence-electron chi connectivity index (χ2n) is 7.00. The maximum Gasteiger partial charge on any atom is 0.338 e. The monoisotopic (exact) mass is 367 g/mol. The van der Waals surface area contributed by atoms with E-state index in [0.29, 0.717) is 23.4 Å². The summed E-state index contributed by atoms with van der Waals surface area (Å²) in [5.41, 5.74) is 4.88. The molecule has 144 valence electrons. The number of amides is 1. The molecular weight excluding hydrogens is 338 g/mol. The van der Waals surface area contributed by atoms with Crippen LogP contribution in [0.25, 0.3) is 0 Å². The summed E-state index contributed by atoms with van der Waals surface area (Å²) in [6.07, 6.45) is 4.28. The van der Waals surface area contributed by atoms with Crippen LogP contribution >= 0.6 is 0 Å². The van der Waals surface area contributed by atoms with E-state index < -0.39 is 0 Å². The Morgan fingerprint density at radius 1 is 0.926 bits per heavy atom. The van der Waals surface area contributed by atoms with E-state index in [2.05, 4.69) is 12.2 Å². The number of aryl methyl sites for hydroxylation is 3. The molecule has 0 unspecified atom stereocenters. The van der Waals surface area contributed by atoms with E-state index in [4.69, 9.17) is 4.74 Å².